The number of hydrogen-bond acceptors (Lipinski definition) is 3. The van der Waals surface area contributed by atoms with E-state index in [1.165, 1.54) is 59.5 Å². The first-order valence-corrected chi connectivity index (χ1v) is 12.0. The highest BCUT2D eigenvalue weighted by Crippen LogP contribution is 2.27. The predicted octanol–water partition coefficient (Wildman–Crippen LogP) is 4.27. The van der Waals surface area contributed by atoms with Crippen LogP contribution in [0, 0.1) is 0 Å². The van der Waals surface area contributed by atoms with Crippen LogP contribution in [0.15, 0.2) is 65.6 Å². The van der Waals surface area contributed by atoms with Gasteiger partial charge in [-0.1, -0.05) is 42.5 Å². The van der Waals surface area contributed by atoms with Crippen LogP contribution in [0.1, 0.15) is 46.8 Å². The first kappa shape index (κ1) is 21.7. The van der Waals surface area contributed by atoms with Crippen molar-refractivity contribution in [2.75, 3.05) is 19.6 Å². The van der Waals surface area contributed by atoms with Gasteiger partial charge in [0, 0.05) is 43.5 Å². The summed E-state index contributed by atoms with van der Waals surface area (Å²) in [6.45, 7) is 5.96. The number of aromatic amines is 1. The van der Waals surface area contributed by atoms with E-state index in [4.69, 9.17) is 0 Å². The van der Waals surface area contributed by atoms with E-state index in [0.29, 0.717) is 18.7 Å². The molecule has 0 spiro atoms. The standard InChI is InChI=1S/C28H31N3O2/c1-20-3-2-14-30(20)15-11-21-4-6-22(7-5-21)23-8-9-26-19-31(16-12-24(26)17-23)28(33)25-10-13-29-27(32)18-25/h4-10,13,17-18,20H,2-3,11-12,14-16,19H2,1H3,(H,29,32)/t20-/m1/s1. The second-order valence-electron chi connectivity index (χ2n) is 9.38. The lowest BCUT2D eigenvalue weighted by Gasteiger charge is -2.29. The lowest BCUT2D eigenvalue weighted by Crippen LogP contribution is -2.36. The van der Waals surface area contributed by atoms with Gasteiger partial charge >= 0.3 is 0 Å². The highest BCUT2D eigenvalue weighted by molar-refractivity contribution is 5.94. The molecule has 0 radical (unpaired) electrons. The Morgan fingerprint density at radius 1 is 1.00 bits per heavy atom. The first-order chi connectivity index (χ1) is 16.1. The van der Waals surface area contributed by atoms with E-state index >= 15 is 0 Å². The molecule has 2 aromatic carbocycles. The fourth-order valence-corrected chi connectivity index (χ4v) is 5.13. The molecular formula is C28H31N3O2. The molecule has 1 N–H and O–H groups in total. The summed E-state index contributed by atoms with van der Waals surface area (Å²) >= 11 is 0. The van der Waals surface area contributed by atoms with Crippen LogP contribution in [0.3, 0.4) is 0 Å². The van der Waals surface area contributed by atoms with Gasteiger partial charge in [0.05, 0.1) is 0 Å². The number of hydrogen-bond donors (Lipinski definition) is 1. The van der Waals surface area contributed by atoms with Crippen LogP contribution >= 0.6 is 0 Å². The molecule has 1 amide bonds. The molecule has 0 bridgehead atoms. The summed E-state index contributed by atoms with van der Waals surface area (Å²) in [4.78, 5) is 31.3. The van der Waals surface area contributed by atoms with Gasteiger partial charge in [0.25, 0.3) is 5.91 Å². The number of fused-ring (bicyclic) bond motifs is 1. The molecule has 1 atom stereocenters. The Hall–Kier alpha value is -3.18. The van der Waals surface area contributed by atoms with Crippen LogP contribution in [-0.4, -0.2) is 46.4 Å². The summed E-state index contributed by atoms with van der Waals surface area (Å²) in [6, 6.07) is 19.3. The highest BCUT2D eigenvalue weighted by Gasteiger charge is 2.22. The molecule has 170 valence electrons. The van der Waals surface area contributed by atoms with Crippen LogP contribution in [0.25, 0.3) is 11.1 Å². The van der Waals surface area contributed by atoms with E-state index < -0.39 is 0 Å². The minimum atomic E-state index is -0.250. The smallest absolute Gasteiger partial charge is 0.254 e. The molecule has 3 aromatic rings. The molecule has 5 rings (SSSR count). The fourth-order valence-electron chi connectivity index (χ4n) is 5.13. The molecule has 1 fully saturated rings. The quantitative estimate of drug-likeness (QED) is 0.643. The molecule has 3 heterocycles. The number of likely N-dealkylation sites (tertiary alicyclic amines) is 1. The van der Waals surface area contributed by atoms with Crippen molar-refractivity contribution in [3.05, 3.63) is 93.4 Å². The summed E-state index contributed by atoms with van der Waals surface area (Å²) in [5.74, 6) is -0.0882. The zero-order valence-corrected chi connectivity index (χ0v) is 19.2. The third kappa shape index (κ3) is 4.79. The van der Waals surface area contributed by atoms with Gasteiger partial charge in [-0.3, -0.25) is 9.59 Å². The van der Waals surface area contributed by atoms with Gasteiger partial charge in [0.1, 0.15) is 0 Å². The number of carbonyl (C=O) groups excluding carboxylic acids is 1. The normalized spacial score (nSPS) is 18.3. The van der Waals surface area contributed by atoms with Crippen molar-refractivity contribution in [3.63, 3.8) is 0 Å². The number of H-pyrrole nitrogens is 1. The van der Waals surface area contributed by atoms with E-state index in [-0.39, 0.29) is 11.5 Å². The fraction of sp³-hybridized carbons (Fsp3) is 0.357. The molecule has 5 heteroatoms. The van der Waals surface area contributed by atoms with Crippen molar-refractivity contribution in [1.82, 2.24) is 14.8 Å². The molecule has 2 aliphatic heterocycles. The van der Waals surface area contributed by atoms with Crippen LogP contribution in [-0.2, 0) is 19.4 Å². The van der Waals surface area contributed by atoms with Crippen molar-refractivity contribution >= 4 is 5.91 Å². The number of nitrogens with zero attached hydrogens (tertiary/aromatic N) is 2. The van der Waals surface area contributed by atoms with Crippen LogP contribution in [0.2, 0.25) is 0 Å². The van der Waals surface area contributed by atoms with Crippen molar-refractivity contribution in [1.29, 1.82) is 0 Å². The van der Waals surface area contributed by atoms with Gasteiger partial charge in [0.2, 0.25) is 5.56 Å². The summed E-state index contributed by atoms with van der Waals surface area (Å²) in [6.07, 6.45) is 6.11. The molecule has 0 saturated carbocycles. The Labute approximate surface area is 195 Å². The molecular weight excluding hydrogens is 410 g/mol. The number of nitrogens with one attached hydrogen (secondary N) is 1. The maximum absolute atomic E-state index is 12.8. The maximum Gasteiger partial charge on any atom is 0.254 e. The molecule has 5 nitrogen and oxygen atoms in total. The van der Waals surface area contributed by atoms with E-state index in [1.54, 1.807) is 6.07 Å². The molecule has 0 aliphatic carbocycles. The molecule has 1 aromatic heterocycles. The largest absolute Gasteiger partial charge is 0.334 e. The molecule has 1 saturated heterocycles. The van der Waals surface area contributed by atoms with Crippen molar-refractivity contribution < 1.29 is 4.79 Å². The summed E-state index contributed by atoms with van der Waals surface area (Å²) < 4.78 is 0. The number of amides is 1. The van der Waals surface area contributed by atoms with E-state index in [2.05, 4.69) is 59.3 Å². The number of pyridine rings is 1. The average molecular weight is 442 g/mol. The second kappa shape index (κ2) is 9.36. The number of benzene rings is 2. The Balaban J connectivity index is 1.25. The minimum absolute atomic E-state index is 0.0882. The molecule has 2 aliphatic rings. The Kier molecular flexibility index (Phi) is 6.14. The third-order valence-corrected chi connectivity index (χ3v) is 7.19. The van der Waals surface area contributed by atoms with E-state index in [9.17, 15) is 9.59 Å². The first-order valence-electron chi connectivity index (χ1n) is 12.0. The van der Waals surface area contributed by atoms with Crippen molar-refractivity contribution in [2.45, 2.75) is 45.2 Å². The van der Waals surface area contributed by atoms with Crippen molar-refractivity contribution in [2.24, 2.45) is 0 Å². The zero-order valence-electron chi connectivity index (χ0n) is 19.2. The van der Waals surface area contributed by atoms with Crippen LogP contribution in [0.4, 0.5) is 0 Å². The lowest BCUT2D eigenvalue weighted by atomic mass is 9.94. The predicted molar refractivity (Wildman–Crippen MR) is 131 cm³/mol. The number of aromatic nitrogens is 1. The topological polar surface area (TPSA) is 56.4 Å². The van der Waals surface area contributed by atoms with Gasteiger partial charge in [-0.25, -0.2) is 0 Å². The Morgan fingerprint density at radius 3 is 2.58 bits per heavy atom. The van der Waals surface area contributed by atoms with E-state index in [1.807, 2.05) is 4.90 Å². The monoisotopic (exact) mass is 441 g/mol. The third-order valence-electron chi connectivity index (χ3n) is 7.19. The number of carbonyl (C=O) groups is 1. The Bertz CT molecular complexity index is 1200. The maximum atomic E-state index is 12.8. The molecule has 0 unspecified atom stereocenters. The zero-order chi connectivity index (χ0) is 22.8. The SMILES string of the molecule is C[C@@H]1CCCN1CCc1ccc(-c2ccc3c(c2)CCN(C(=O)c2cc[nH]c(=O)c2)C3)cc1. The molecule has 33 heavy (non-hydrogen) atoms. The highest BCUT2D eigenvalue weighted by atomic mass is 16.2. The van der Waals surface area contributed by atoms with Gasteiger partial charge in [-0.15, -0.1) is 0 Å². The summed E-state index contributed by atoms with van der Waals surface area (Å²) in [7, 11) is 0. The van der Waals surface area contributed by atoms with Crippen LogP contribution in [0.5, 0.6) is 0 Å². The lowest BCUT2D eigenvalue weighted by molar-refractivity contribution is 0.0734. The van der Waals surface area contributed by atoms with Crippen LogP contribution < -0.4 is 5.56 Å². The van der Waals surface area contributed by atoms with E-state index in [0.717, 1.165) is 25.4 Å². The minimum Gasteiger partial charge on any atom is -0.334 e. The Morgan fingerprint density at radius 2 is 1.82 bits per heavy atom. The van der Waals surface area contributed by atoms with Gasteiger partial charge < -0.3 is 14.8 Å². The van der Waals surface area contributed by atoms with Gasteiger partial charge in [0.15, 0.2) is 0 Å². The second-order valence-corrected chi connectivity index (χ2v) is 9.38. The van der Waals surface area contributed by atoms with Gasteiger partial charge in [-0.2, -0.15) is 0 Å². The van der Waals surface area contributed by atoms with Crippen molar-refractivity contribution in [3.8, 4) is 11.1 Å². The summed E-state index contributed by atoms with van der Waals surface area (Å²) in [5.41, 5.74) is 6.53. The summed E-state index contributed by atoms with van der Waals surface area (Å²) in [5, 5.41) is 0. The van der Waals surface area contributed by atoms with Gasteiger partial charge in [-0.05, 0) is 73.0 Å². The average Bonchev–Trinajstić information content (AvgIpc) is 3.26. The number of rotatable bonds is 5.